The highest BCUT2D eigenvalue weighted by Gasteiger charge is 2.72. The molecule has 5 rings (SSSR count). The third-order valence-corrected chi connectivity index (χ3v) is 7.96. The van der Waals surface area contributed by atoms with Crippen molar-refractivity contribution in [2.45, 2.75) is 81.1 Å². The summed E-state index contributed by atoms with van der Waals surface area (Å²) >= 11 is 0. The molecule has 2 N–H and O–H groups in total. The molecular formula is C23H26F3N5O3. The normalized spacial score (nSPS) is 35.4. The van der Waals surface area contributed by atoms with Crippen molar-refractivity contribution >= 4 is 11.9 Å². The summed E-state index contributed by atoms with van der Waals surface area (Å²) in [4.78, 5) is 32.5. The van der Waals surface area contributed by atoms with Crippen molar-refractivity contribution in [3.8, 4) is 6.07 Å². The summed E-state index contributed by atoms with van der Waals surface area (Å²) in [5.74, 6) is -3.58. The van der Waals surface area contributed by atoms with Crippen LogP contribution in [0.3, 0.4) is 0 Å². The summed E-state index contributed by atoms with van der Waals surface area (Å²) < 4.78 is 43.4. The van der Waals surface area contributed by atoms with Crippen molar-refractivity contribution in [3.63, 3.8) is 0 Å². The third-order valence-electron chi connectivity index (χ3n) is 7.96. The van der Waals surface area contributed by atoms with Crippen LogP contribution in [0.25, 0.3) is 0 Å². The average Bonchev–Trinajstić information content (AvgIpc) is 3.33. The number of hydrogen-bond acceptors (Lipinski definition) is 7. The molecule has 182 valence electrons. The number of likely N-dealkylation sites (tertiary alicyclic amines) is 1. The van der Waals surface area contributed by atoms with Crippen LogP contribution in [0.2, 0.25) is 0 Å². The molecule has 2 bridgehead atoms. The monoisotopic (exact) mass is 477 g/mol. The van der Waals surface area contributed by atoms with Crippen LogP contribution in [-0.2, 0) is 20.9 Å². The molecular weight excluding hydrogens is 451 g/mol. The topological polar surface area (TPSA) is 113 Å². The van der Waals surface area contributed by atoms with Gasteiger partial charge in [0.25, 0.3) is 0 Å². The minimum Gasteiger partial charge on any atom is -0.432 e. The highest BCUT2D eigenvalue weighted by Crippen LogP contribution is 2.59. The number of pyridine rings is 1. The van der Waals surface area contributed by atoms with E-state index in [1.807, 2.05) is 18.2 Å². The summed E-state index contributed by atoms with van der Waals surface area (Å²) in [7, 11) is 0. The van der Waals surface area contributed by atoms with Crippen LogP contribution in [0.4, 0.5) is 13.2 Å². The minimum absolute atomic E-state index is 0.0983. The van der Waals surface area contributed by atoms with Gasteiger partial charge in [0.05, 0.1) is 12.1 Å². The van der Waals surface area contributed by atoms with Crippen molar-refractivity contribution in [2.24, 2.45) is 17.6 Å². The van der Waals surface area contributed by atoms with Crippen LogP contribution in [0, 0.1) is 23.2 Å². The number of hydrogen-bond donors (Lipinski definition) is 1. The number of amides is 1. The summed E-state index contributed by atoms with van der Waals surface area (Å²) in [5.41, 5.74) is 5.86. The van der Waals surface area contributed by atoms with Gasteiger partial charge in [-0.15, -0.1) is 0 Å². The van der Waals surface area contributed by atoms with Gasteiger partial charge in [-0.25, -0.2) is 4.79 Å². The third kappa shape index (κ3) is 3.82. The maximum atomic E-state index is 13.5. The van der Waals surface area contributed by atoms with Gasteiger partial charge < -0.3 is 10.5 Å². The molecule has 4 heterocycles. The van der Waals surface area contributed by atoms with E-state index in [4.69, 9.17) is 10.5 Å². The lowest BCUT2D eigenvalue weighted by atomic mass is 9.84. The second-order valence-corrected chi connectivity index (χ2v) is 9.89. The van der Waals surface area contributed by atoms with Crippen LogP contribution in [0.1, 0.15) is 44.1 Å². The van der Waals surface area contributed by atoms with Gasteiger partial charge in [-0.2, -0.15) is 18.4 Å². The molecule has 1 aromatic heterocycles. The van der Waals surface area contributed by atoms with Crippen molar-refractivity contribution < 1.29 is 27.5 Å². The summed E-state index contributed by atoms with van der Waals surface area (Å²) in [6.45, 7) is 0.786. The first kappa shape index (κ1) is 23.1. The van der Waals surface area contributed by atoms with E-state index in [0.717, 1.165) is 29.8 Å². The summed E-state index contributed by atoms with van der Waals surface area (Å²) in [5, 5.41) is 9.53. The first-order chi connectivity index (χ1) is 16.1. The van der Waals surface area contributed by atoms with Gasteiger partial charge in [0.15, 0.2) is 5.72 Å². The molecule has 3 aliphatic heterocycles. The number of nitrogens with two attached hydrogens (primary N) is 1. The number of alkyl halides is 3. The van der Waals surface area contributed by atoms with Gasteiger partial charge in [-0.3, -0.25) is 19.6 Å². The zero-order valence-corrected chi connectivity index (χ0v) is 18.4. The molecule has 2 unspecified atom stereocenters. The van der Waals surface area contributed by atoms with E-state index in [0.29, 0.717) is 12.8 Å². The van der Waals surface area contributed by atoms with Gasteiger partial charge >= 0.3 is 12.1 Å². The van der Waals surface area contributed by atoms with Gasteiger partial charge in [-0.1, -0.05) is 0 Å². The second kappa shape index (κ2) is 8.20. The number of rotatable bonds is 5. The molecule has 1 saturated carbocycles. The van der Waals surface area contributed by atoms with Gasteiger partial charge in [0.1, 0.15) is 6.04 Å². The predicted octanol–water partition coefficient (Wildman–Crippen LogP) is 2.10. The lowest BCUT2D eigenvalue weighted by Crippen LogP contribution is -2.57. The van der Waals surface area contributed by atoms with Crippen molar-refractivity contribution in [3.05, 3.63) is 30.1 Å². The number of carbonyl (C=O) groups excluding carboxylic acids is 2. The van der Waals surface area contributed by atoms with E-state index in [2.05, 4.69) is 9.88 Å². The molecule has 4 aliphatic rings. The van der Waals surface area contributed by atoms with Crippen LogP contribution >= 0.6 is 0 Å². The zero-order valence-electron chi connectivity index (χ0n) is 18.4. The zero-order chi connectivity index (χ0) is 24.3. The smallest absolute Gasteiger partial charge is 0.432 e. The number of piperidine rings is 2. The Morgan fingerprint density at radius 2 is 1.88 bits per heavy atom. The number of halogens is 3. The number of nitrogens with zero attached hydrogens (tertiary/aromatic N) is 4. The first-order valence-corrected chi connectivity index (χ1v) is 11.6. The van der Waals surface area contributed by atoms with Crippen LogP contribution in [-0.4, -0.2) is 62.7 Å². The Labute approximate surface area is 194 Å². The molecule has 1 aromatic rings. The molecule has 0 aromatic carbocycles. The highest BCUT2D eigenvalue weighted by atomic mass is 19.4. The van der Waals surface area contributed by atoms with E-state index in [1.54, 1.807) is 12.4 Å². The lowest BCUT2D eigenvalue weighted by molar-refractivity contribution is -0.217. The molecule has 6 atom stereocenters. The Balaban J connectivity index is 1.29. The van der Waals surface area contributed by atoms with E-state index < -0.39 is 41.8 Å². The average molecular weight is 477 g/mol. The maximum absolute atomic E-state index is 13.5. The molecule has 34 heavy (non-hydrogen) atoms. The van der Waals surface area contributed by atoms with E-state index in [-0.39, 0.29) is 30.8 Å². The van der Waals surface area contributed by atoms with Crippen LogP contribution in [0.5, 0.6) is 0 Å². The van der Waals surface area contributed by atoms with E-state index in [9.17, 15) is 28.0 Å². The molecule has 0 spiro atoms. The number of nitriles is 1. The second-order valence-electron chi connectivity index (χ2n) is 9.89. The summed E-state index contributed by atoms with van der Waals surface area (Å²) in [6, 6.07) is 4.52. The Bertz CT molecular complexity index is 1000. The molecule has 11 heteroatoms. The lowest BCUT2D eigenvalue weighted by Gasteiger charge is -2.42. The van der Waals surface area contributed by atoms with Crippen molar-refractivity contribution in [2.75, 3.05) is 0 Å². The fourth-order valence-corrected chi connectivity index (χ4v) is 6.27. The van der Waals surface area contributed by atoms with Crippen LogP contribution in [0.15, 0.2) is 24.5 Å². The molecule has 4 fully saturated rings. The summed E-state index contributed by atoms with van der Waals surface area (Å²) in [6.07, 6.45) is 1.98. The fourth-order valence-electron chi connectivity index (χ4n) is 6.27. The predicted molar refractivity (Wildman–Crippen MR) is 111 cm³/mol. The standard InChI is InChI=1S/C23H26F3N5O3/c24-23(25,26)21(33)34-22-10-15(22)9-18(11-27)31(22)20(32)19(28)14-7-16-1-2-17(8-14)30(16)12-13-3-5-29-6-4-13/h3-6,14-19H,1-2,7-10,12,28H2/t14?,15-,16?,17?,18+,19+,22+/m1/s1. The van der Waals surface area contributed by atoms with Crippen molar-refractivity contribution in [1.29, 1.82) is 5.26 Å². The number of fused-ring (bicyclic) bond motifs is 3. The van der Waals surface area contributed by atoms with Gasteiger partial charge in [0.2, 0.25) is 5.91 Å². The van der Waals surface area contributed by atoms with Crippen LogP contribution < -0.4 is 5.73 Å². The quantitative estimate of drug-likeness (QED) is 0.647. The largest absolute Gasteiger partial charge is 0.491 e. The van der Waals surface area contributed by atoms with Gasteiger partial charge in [-0.05, 0) is 55.7 Å². The number of esters is 1. The number of carbonyl (C=O) groups is 2. The molecule has 8 nitrogen and oxygen atoms in total. The Morgan fingerprint density at radius 3 is 2.47 bits per heavy atom. The molecule has 1 amide bonds. The Kier molecular flexibility index (Phi) is 5.56. The molecule has 3 saturated heterocycles. The first-order valence-electron chi connectivity index (χ1n) is 11.6. The SMILES string of the molecule is N#C[C@@H]1C[C@@H]2C[C@@]2(OC(=O)C(F)(F)F)N1C(=O)[C@@H](N)C1CC2CCC(C1)N2Cc1ccncc1. The van der Waals surface area contributed by atoms with E-state index in [1.165, 1.54) is 0 Å². The minimum atomic E-state index is -5.18. The Morgan fingerprint density at radius 1 is 1.24 bits per heavy atom. The maximum Gasteiger partial charge on any atom is 0.491 e. The van der Waals surface area contributed by atoms with E-state index >= 15 is 0 Å². The van der Waals surface area contributed by atoms with Crippen molar-refractivity contribution in [1.82, 2.24) is 14.8 Å². The molecule has 1 aliphatic carbocycles. The van der Waals surface area contributed by atoms with Gasteiger partial charge in [0, 0.05) is 43.4 Å². The highest BCUT2D eigenvalue weighted by molar-refractivity contribution is 5.85. The molecule has 0 radical (unpaired) electrons. The number of aromatic nitrogens is 1. The fraction of sp³-hybridized carbons (Fsp3) is 0.652. The Hall–Kier alpha value is -2.71. The number of ether oxygens (including phenoxy) is 1.